The molecule has 0 bridgehead atoms. The van der Waals surface area contributed by atoms with Gasteiger partial charge in [0.15, 0.2) is 0 Å². The maximum Gasteiger partial charge on any atom is 0.144 e. The van der Waals surface area contributed by atoms with Crippen LogP contribution < -0.4 is 5.32 Å². The second kappa shape index (κ2) is 4.41. The van der Waals surface area contributed by atoms with Crippen LogP contribution in [0.1, 0.15) is 31.0 Å². The first-order valence-corrected chi connectivity index (χ1v) is 5.42. The van der Waals surface area contributed by atoms with Gasteiger partial charge in [0, 0.05) is 24.3 Å². The minimum atomic E-state index is 0.540. The van der Waals surface area contributed by atoms with Crippen molar-refractivity contribution in [1.82, 2.24) is 10.3 Å². The van der Waals surface area contributed by atoms with Crippen LogP contribution in [-0.2, 0) is 6.54 Å². The summed E-state index contributed by atoms with van der Waals surface area (Å²) in [5.74, 6) is 0.840. The average molecular weight is 201 g/mol. The van der Waals surface area contributed by atoms with Crippen LogP contribution >= 0.6 is 0 Å². The molecule has 2 atom stereocenters. The van der Waals surface area contributed by atoms with E-state index in [0.29, 0.717) is 11.7 Å². The molecular weight excluding hydrogens is 186 g/mol. The minimum absolute atomic E-state index is 0.540. The molecule has 1 aliphatic rings. The van der Waals surface area contributed by atoms with Crippen LogP contribution in [0.3, 0.4) is 0 Å². The van der Waals surface area contributed by atoms with Crippen molar-refractivity contribution < 1.29 is 0 Å². The number of rotatable bonds is 4. The second-order valence-electron chi connectivity index (χ2n) is 4.01. The molecule has 1 aliphatic carbocycles. The highest BCUT2D eigenvalue weighted by atomic mass is 15.0. The van der Waals surface area contributed by atoms with Gasteiger partial charge in [-0.15, -0.1) is 0 Å². The summed E-state index contributed by atoms with van der Waals surface area (Å²) in [4.78, 5) is 4.03. The maximum absolute atomic E-state index is 8.86. The largest absolute Gasteiger partial charge is 0.310 e. The molecule has 15 heavy (non-hydrogen) atoms. The number of pyridine rings is 1. The predicted molar refractivity (Wildman–Crippen MR) is 58.0 cm³/mol. The van der Waals surface area contributed by atoms with Crippen LogP contribution in [0.4, 0.5) is 0 Å². The van der Waals surface area contributed by atoms with Crippen molar-refractivity contribution in [2.24, 2.45) is 5.92 Å². The van der Waals surface area contributed by atoms with Gasteiger partial charge in [-0.1, -0.05) is 19.4 Å². The number of nitrogens with zero attached hydrogens (tertiary/aromatic N) is 2. The molecule has 0 spiro atoms. The number of hydrogen-bond acceptors (Lipinski definition) is 3. The third-order valence-corrected chi connectivity index (χ3v) is 3.00. The lowest BCUT2D eigenvalue weighted by atomic mass is 10.2. The van der Waals surface area contributed by atoms with Gasteiger partial charge >= 0.3 is 0 Å². The number of nitriles is 1. The third kappa shape index (κ3) is 2.34. The van der Waals surface area contributed by atoms with Crippen molar-refractivity contribution in [2.75, 3.05) is 0 Å². The molecule has 1 N–H and O–H groups in total. The zero-order chi connectivity index (χ0) is 10.7. The topological polar surface area (TPSA) is 48.7 Å². The summed E-state index contributed by atoms with van der Waals surface area (Å²) in [6.45, 7) is 2.98. The van der Waals surface area contributed by atoms with Crippen molar-refractivity contribution in [1.29, 1.82) is 5.26 Å². The molecule has 0 aliphatic heterocycles. The van der Waals surface area contributed by atoms with Crippen molar-refractivity contribution in [3.63, 3.8) is 0 Å². The van der Waals surface area contributed by atoms with E-state index in [2.05, 4.69) is 23.3 Å². The lowest BCUT2D eigenvalue weighted by Crippen LogP contribution is -2.18. The minimum Gasteiger partial charge on any atom is -0.310 e. The highest BCUT2D eigenvalue weighted by Crippen LogP contribution is 2.33. The molecule has 1 aromatic heterocycles. The van der Waals surface area contributed by atoms with Crippen molar-refractivity contribution in [3.05, 3.63) is 29.6 Å². The normalized spacial score (nSPS) is 23.5. The molecule has 1 aromatic rings. The zero-order valence-corrected chi connectivity index (χ0v) is 8.90. The van der Waals surface area contributed by atoms with Crippen molar-refractivity contribution in [3.8, 4) is 6.07 Å². The van der Waals surface area contributed by atoms with E-state index in [1.165, 1.54) is 12.8 Å². The lowest BCUT2D eigenvalue weighted by Gasteiger charge is -2.04. The van der Waals surface area contributed by atoms with Crippen LogP contribution in [0.5, 0.6) is 0 Å². The van der Waals surface area contributed by atoms with E-state index < -0.39 is 0 Å². The molecule has 1 saturated carbocycles. The van der Waals surface area contributed by atoms with E-state index in [1.54, 1.807) is 6.20 Å². The van der Waals surface area contributed by atoms with Gasteiger partial charge in [0.25, 0.3) is 0 Å². The van der Waals surface area contributed by atoms with Gasteiger partial charge in [-0.05, 0) is 18.4 Å². The molecule has 0 radical (unpaired) electrons. The molecule has 2 unspecified atom stereocenters. The third-order valence-electron chi connectivity index (χ3n) is 3.00. The van der Waals surface area contributed by atoms with E-state index in [9.17, 15) is 0 Å². The monoisotopic (exact) mass is 201 g/mol. The zero-order valence-electron chi connectivity index (χ0n) is 8.90. The molecule has 0 amide bonds. The first kappa shape index (κ1) is 10.1. The molecule has 1 heterocycles. The Hall–Kier alpha value is -1.40. The smallest absolute Gasteiger partial charge is 0.144 e. The van der Waals surface area contributed by atoms with Crippen LogP contribution in [0.15, 0.2) is 18.3 Å². The van der Waals surface area contributed by atoms with Gasteiger partial charge in [-0.2, -0.15) is 5.26 Å². The van der Waals surface area contributed by atoms with Gasteiger partial charge in [-0.3, -0.25) is 0 Å². The predicted octanol–water partition coefficient (Wildman–Crippen LogP) is 1.84. The SMILES string of the molecule is CCC1CC1NCc1cccnc1C#N. The standard InChI is InChI=1S/C12H15N3/c1-2-9-6-11(9)15-8-10-4-3-5-14-12(10)7-13/h3-5,9,11,15H,2,6,8H2,1H3. The van der Waals surface area contributed by atoms with Crippen LogP contribution in [0.25, 0.3) is 0 Å². The fraction of sp³-hybridized carbons (Fsp3) is 0.500. The molecule has 0 aromatic carbocycles. The molecule has 0 saturated heterocycles. The van der Waals surface area contributed by atoms with Gasteiger partial charge in [0.05, 0.1) is 0 Å². The molecule has 3 heteroatoms. The molecule has 3 nitrogen and oxygen atoms in total. The lowest BCUT2D eigenvalue weighted by molar-refractivity contribution is 0.621. The summed E-state index contributed by atoms with van der Waals surface area (Å²) in [5, 5.41) is 12.3. The molecular formula is C12H15N3. The Kier molecular flexibility index (Phi) is 2.98. The summed E-state index contributed by atoms with van der Waals surface area (Å²) in [7, 11) is 0. The highest BCUT2D eigenvalue weighted by Gasteiger charge is 2.34. The Morgan fingerprint density at radius 3 is 3.20 bits per heavy atom. The fourth-order valence-electron chi connectivity index (χ4n) is 1.87. The molecule has 78 valence electrons. The first-order valence-electron chi connectivity index (χ1n) is 5.42. The van der Waals surface area contributed by atoms with Gasteiger partial charge in [0.1, 0.15) is 11.8 Å². The Balaban J connectivity index is 1.91. The van der Waals surface area contributed by atoms with E-state index in [4.69, 9.17) is 5.26 Å². The quantitative estimate of drug-likeness (QED) is 0.808. The van der Waals surface area contributed by atoms with Gasteiger partial charge in [0.2, 0.25) is 0 Å². The van der Waals surface area contributed by atoms with Crippen LogP contribution in [0, 0.1) is 17.2 Å². The first-order chi connectivity index (χ1) is 7.35. The number of hydrogen-bond donors (Lipinski definition) is 1. The van der Waals surface area contributed by atoms with Gasteiger partial charge in [-0.25, -0.2) is 4.98 Å². The average Bonchev–Trinajstić information content (AvgIpc) is 3.05. The van der Waals surface area contributed by atoms with Gasteiger partial charge < -0.3 is 5.32 Å². The summed E-state index contributed by atoms with van der Waals surface area (Å²) >= 11 is 0. The molecule has 1 fully saturated rings. The van der Waals surface area contributed by atoms with E-state index >= 15 is 0 Å². The molecule has 2 rings (SSSR count). The Labute approximate surface area is 90.1 Å². The Morgan fingerprint density at radius 1 is 1.67 bits per heavy atom. The fourth-order valence-corrected chi connectivity index (χ4v) is 1.87. The number of aromatic nitrogens is 1. The highest BCUT2D eigenvalue weighted by molar-refractivity contribution is 5.30. The van der Waals surface area contributed by atoms with E-state index in [0.717, 1.165) is 18.0 Å². The van der Waals surface area contributed by atoms with E-state index in [-0.39, 0.29) is 0 Å². The summed E-state index contributed by atoms with van der Waals surface area (Å²) in [6, 6.07) is 6.61. The van der Waals surface area contributed by atoms with Crippen molar-refractivity contribution >= 4 is 0 Å². The Bertz CT molecular complexity index is 381. The summed E-state index contributed by atoms with van der Waals surface area (Å²) < 4.78 is 0. The van der Waals surface area contributed by atoms with Crippen molar-refractivity contribution in [2.45, 2.75) is 32.4 Å². The maximum atomic E-state index is 8.86. The second-order valence-corrected chi connectivity index (χ2v) is 4.01. The van der Waals surface area contributed by atoms with Crippen LogP contribution in [-0.4, -0.2) is 11.0 Å². The number of nitrogens with one attached hydrogen (secondary N) is 1. The summed E-state index contributed by atoms with van der Waals surface area (Å²) in [5.41, 5.74) is 1.54. The van der Waals surface area contributed by atoms with E-state index in [1.807, 2.05) is 12.1 Å². The van der Waals surface area contributed by atoms with Crippen LogP contribution in [0.2, 0.25) is 0 Å². The summed E-state index contributed by atoms with van der Waals surface area (Å²) in [6.07, 6.45) is 4.18. The Morgan fingerprint density at radius 2 is 2.53 bits per heavy atom.